The zero-order chi connectivity index (χ0) is 18.5. The molecule has 26 heavy (non-hydrogen) atoms. The van der Waals surface area contributed by atoms with E-state index in [0.717, 1.165) is 16.3 Å². The Morgan fingerprint density at radius 1 is 0.923 bits per heavy atom. The van der Waals surface area contributed by atoms with Crippen molar-refractivity contribution < 1.29 is 18.0 Å². The second-order valence-electron chi connectivity index (χ2n) is 5.80. The topological polar surface area (TPSA) is 49.3 Å². The Bertz CT molecular complexity index is 785. The predicted octanol–water partition coefficient (Wildman–Crippen LogP) is 4.19. The van der Waals surface area contributed by atoms with Crippen LogP contribution in [-0.2, 0) is 23.2 Å². The molecule has 1 atom stereocenters. The molecule has 0 saturated carbocycles. The van der Waals surface area contributed by atoms with Gasteiger partial charge >= 0.3 is 8.80 Å². The van der Waals surface area contributed by atoms with Crippen LogP contribution >= 0.6 is 0 Å². The maximum absolute atomic E-state index is 6.24. The van der Waals surface area contributed by atoms with Gasteiger partial charge in [-0.2, -0.15) is 0 Å². The number of hydrogen-bond donors (Lipinski definition) is 0. The smallest absolute Gasteiger partial charge is 0.478 e. The van der Waals surface area contributed by atoms with E-state index >= 15 is 0 Å². The Balaban J connectivity index is 2.29. The third-order valence-corrected chi connectivity index (χ3v) is 7.74. The first-order valence-electron chi connectivity index (χ1n) is 9.00. The average molecular weight is 372 g/mol. The summed E-state index contributed by atoms with van der Waals surface area (Å²) in [6, 6.07) is 14.3. The molecule has 0 aliphatic carbocycles. The molecule has 1 heterocycles. The van der Waals surface area contributed by atoms with Gasteiger partial charge in [0.1, 0.15) is 6.26 Å². The van der Waals surface area contributed by atoms with E-state index in [1.54, 1.807) is 18.7 Å². The molecule has 0 radical (unpaired) electrons. The maximum atomic E-state index is 6.24. The van der Waals surface area contributed by atoms with Crippen molar-refractivity contribution in [2.45, 2.75) is 26.0 Å². The molecule has 0 saturated heterocycles. The van der Waals surface area contributed by atoms with E-state index in [-0.39, 0.29) is 0 Å². The molecule has 0 spiro atoms. The van der Waals surface area contributed by atoms with Crippen molar-refractivity contribution in [1.29, 1.82) is 0 Å². The molecule has 2 aromatic rings. The average Bonchev–Trinajstić information content (AvgIpc) is 2.68. The normalized spacial score (nSPS) is 19.7. The third kappa shape index (κ3) is 3.10. The molecule has 1 unspecified atom stereocenters. The van der Waals surface area contributed by atoms with Crippen molar-refractivity contribution >= 4 is 25.8 Å². The first-order chi connectivity index (χ1) is 12.7. The van der Waals surface area contributed by atoms with Crippen LogP contribution in [0.1, 0.15) is 26.3 Å². The summed E-state index contributed by atoms with van der Waals surface area (Å²) in [6.45, 7) is 7.18. The van der Waals surface area contributed by atoms with Gasteiger partial charge in [-0.15, -0.1) is 0 Å². The SMILES string of the molecule is CCO[Si](OCC)(OCC)C1(c2cccc3ccccc23)C=NC=CO1. The van der Waals surface area contributed by atoms with Crippen LogP contribution in [0, 0.1) is 0 Å². The fourth-order valence-corrected chi connectivity index (χ4v) is 6.39. The van der Waals surface area contributed by atoms with Crippen LogP contribution in [0.4, 0.5) is 0 Å². The number of ether oxygens (including phenoxy) is 1. The summed E-state index contributed by atoms with van der Waals surface area (Å²) in [6.07, 6.45) is 4.97. The van der Waals surface area contributed by atoms with Gasteiger partial charge in [0.25, 0.3) is 0 Å². The van der Waals surface area contributed by atoms with Crippen molar-refractivity contribution in [3.63, 3.8) is 0 Å². The van der Waals surface area contributed by atoms with Gasteiger partial charge in [-0.3, -0.25) is 4.99 Å². The van der Waals surface area contributed by atoms with Crippen molar-refractivity contribution in [1.82, 2.24) is 0 Å². The van der Waals surface area contributed by atoms with Gasteiger partial charge in [-0.25, -0.2) is 0 Å². The number of hydrogen-bond acceptors (Lipinski definition) is 5. The summed E-state index contributed by atoms with van der Waals surface area (Å²) in [7, 11) is -3.33. The van der Waals surface area contributed by atoms with E-state index in [2.05, 4.69) is 23.2 Å². The molecule has 1 aliphatic heterocycles. The van der Waals surface area contributed by atoms with Gasteiger partial charge in [0, 0.05) is 25.4 Å². The highest BCUT2D eigenvalue weighted by molar-refractivity contribution is 6.67. The van der Waals surface area contributed by atoms with Gasteiger partial charge in [0.2, 0.25) is 5.22 Å². The lowest BCUT2D eigenvalue weighted by Crippen LogP contribution is -2.65. The molecule has 0 aromatic heterocycles. The Hall–Kier alpha value is -1.99. The summed E-state index contributed by atoms with van der Waals surface area (Å²) in [5.41, 5.74) is 0.936. The number of benzene rings is 2. The van der Waals surface area contributed by atoms with Gasteiger partial charge in [0.15, 0.2) is 0 Å². The Kier molecular flexibility index (Phi) is 5.88. The fraction of sp³-hybridized carbons (Fsp3) is 0.350. The van der Waals surface area contributed by atoms with Crippen LogP contribution in [0.3, 0.4) is 0 Å². The minimum atomic E-state index is -3.33. The molecule has 0 N–H and O–H groups in total. The second kappa shape index (κ2) is 8.14. The Morgan fingerprint density at radius 3 is 2.19 bits per heavy atom. The summed E-state index contributed by atoms with van der Waals surface area (Å²) >= 11 is 0. The molecule has 138 valence electrons. The minimum absolute atomic E-state index is 0.458. The molecule has 0 amide bonds. The molecule has 1 aliphatic rings. The van der Waals surface area contributed by atoms with Gasteiger partial charge in [0.05, 0.1) is 12.4 Å². The molecular weight excluding hydrogens is 346 g/mol. The highest BCUT2D eigenvalue weighted by Gasteiger charge is 2.65. The standard InChI is InChI=1S/C20H25NO4Si/c1-4-23-26(24-5-2,25-6-3)20(16-21-14-15-22-20)19-13-9-11-17-10-7-8-12-18(17)19/h7-16H,4-6H2,1-3H3. The van der Waals surface area contributed by atoms with E-state index in [4.69, 9.17) is 18.0 Å². The van der Waals surface area contributed by atoms with E-state index < -0.39 is 14.0 Å². The molecule has 3 rings (SSSR count). The van der Waals surface area contributed by atoms with Crippen molar-refractivity contribution in [2.75, 3.05) is 19.8 Å². The van der Waals surface area contributed by atoms with Crippen LogP contribution in [-0.4, -0.2) is 34.8 Å². The molecular formula is C20H25NO4Si. The zero-order valence-electron chi connectivity index (χ0n) is 15.5. The van der Waals surface area contributed by atoms with Crippen LogP contribution < -0.4 is 0 Å². The highest BCUT2D eigenvalue weighted by Crippen LogP contribution is 2.41. The molecule has 5 nitrogen and oxygen atoms in total. The zero-order valence-corrected chi connectivity index (χ0v) is 16.5. The summed E-state index contributed by atoms with van der Waals surface area (Å²) in [5, 5.41) is 1.14. The molecule has 0 bridgehead atoms. The summed E-state index contributed by atoms with van der Waals surface area (Å²) < 4.78 is 24.8. The van der Waals surface area contributed by atoms with Crippen molar-refractivity contribution in [3.8, 4) is 0 Å². The highest BCUT2D eigenvalue weighted by atomic mass is 28.4. The molecule has 2 aromatic carbocycles. The van der Waals surface area contributed by atoms with E-state index in [9.17, 15) is 0 Å². The lowest BCUT2D eigenvalue weighted by Gasteiger charge is -2.43. The Morgan fingerprint density at radius 2 is 1.58 bits per heavy atom. The number of fused-ring (bicyclic) bond motifs is 1. The van der Waals surface area contributed by atoms with Crippen LogP contribution in [0.2, 0.25) is 0 Å². The van der Waals surface area contributed by atoms with Crippen molar-refractivity contribution in [2.24, 2.45) is 4.99 Å². The first kappa shape index (κ1) is 18.8. The first-order valence-corrected chi connectivity index (χ1v) is 10.7. The van der Waals surface area contributed by atoms with Crippen LogP contribution in [0.15, 0.2) is 59.9 Å². The largest absolute Gasteiger partial charge is 0.558 e. The lowest BCUT2D eigenvalue weighted by atomic mass is 10.00. The monoisotopic (exact) mass is 371 g/mol. The van der Waals surface area contributed by atoms with E-state index in [1.807, 2.05) is 45.0 Å². The van der Waals surface area contributed by atoms with Crippen molar-refractivity contribution in [3.05, 3.63) is 60.5 Å². The minimum Gasteiger partial charge on any atom is -0.478 e. The Labute approximate surface area is 155 Å². The quantitative estimate of drug-likeness (QED) is 0.653. The molecule has 0 fully saturated rings. The van der Waals surface area contributed by atoms with E-state index in [0.29, 0.717) is 19.8 Å². The van der Waals surface area contributed by atoms with Gasteiger partial charge in [-0.1, -0.05) is 42.5 Å². The maximum Gasteiger partial charge on any atom is 0.558 e. The lowest BCUT2D eigenvalue weighted by molar-refractivity contribution is -0.00582. The van der Waals surface area contributed by atoms with Gasteiger partial charge < -0.3 is 18.0 Å². The van der Waals surface area contributed by atoms with E-state index in [1.165, 1.54) is 0 Å². The third-order valence-electron chi connectivity index (χ3n) is 4.30. The number of aliphatic imine (C=N–C) groups is 1. The second-order valence-corrected chi connectivity index (χ2v) is 8.52. The number of nitrogens with zero attached hydrogens (tertiary/aromatic N) is 1. The van der Waals surface area contributed by atoms with Crippen LogP contribution in [0.25, 0.3) is 10.8 Å². The van der Waals surface area contributed by atoms with Crippen LogP contribution in [0.5, 0.6) is 0 Å². The summed E-state index contributed by atoms with van der Waals surface area (Å²) in [5.74, 6) is 0. The van der Waals surface area contributed by atoms with Gasteiger partial charge in [-0.05, 0) is 31.5 Å². The summed E-state index contributed by atoms with van der Waals surface area (Å²) in [4.78, 5) is 4.39. The fourth-order valence-electron chi connectivity index (χ4n) is 3.37. The number of rotatable bonds is 8. The molecule has 6 heteroatoms. The predicted molar refractivity (Wildman–Crippen MR) is 105 cm³/mol.